The molecule has 7 heteroatoms. The largest absolute Gasteiger partial charge is 0.340 e. The molecule has 0 aromatic rings. The van der Waals surface area contributed by atoms with Crippen LogP contribution in [0.2, 0.25) is 0 Å². The predicted octanol–water partition coefficient (Wildman–Crippen LogP) is -1.35. The molecule has 2 fully saturated rings. The van der Waals surface area contributed by atoms with Crippen LogP contribution in [0.15, 0.2) is 0 Å². The molecule has 1 amide bonds. The van der Waals surface area contributed by atoms with Crippen LogP contribution in [0.3, 0.4) is 0 Å². The Morgan fingerprint density at radius 3 is 2.12 bits per heavy atom. The third-order valence-corrected chi connectivity index (χ3v) is 4.72. The molecule has 2 heterocycles. The van der Waals surface area contributed by atoms with E-state index in [2.05, 4.69) is 4.90 Å². The quantitative estimate of drug-likeness (QED) is 0.617. The second kappa shape index (κ2) is 4.55. The van der Waals surface area contributed by atoms with Gasteiger partial charge in [-0.25, -0.2) is 12.7 Å². The highest BCUT2D eigenvalue weighted by Crippen LogP contribution is 2.21. The van der Waals surface area contributed by atoms with E-state index in [0.717, 1.165) is 26.2 Å². The van der Waals surface area contributed by atoms with Crippen molar-refractivity contribution < 1.29 is 13.2 Å². The molecule has 2 saturated heterocycles. The highest BCUT2D eigenvalue weighted by atomic mass is 32.2. The van der Waals surface area contributed by atoms with E-state index in [4.69, 9.17) is 0 Å². The Bertz CT molecular complexity index is 395. The lowest BCUT2D eigenvalue weighted by Crippen LogP contribution is -2.58. The Morgan fingerprint density at radius 2 is 1.65 bits per heavy atom. The van der Waals surface area contributed by atoms with Crippen molar-refractivity contribution in [3.05, 3.63) is 0 Å². The van der Waals surface area contributed by atoms with Crippen molar-refractivity contribution in [1.82, 2.24) is 14.1 Å². The van der Waals surface area contributed by atoms with Gasteiger partial charge in [0.25, 0.3) is 0 Å². The van der Waals surface area contributed by atoms with Gasteiger partial charge in [-0.1, -0.05) is 0 Å². The Hall–Kier alpha value is -0.660. The molecule has 0 aromatic carbocycles. The number of rotatable bonds is 2. The average molecular weight is 261 g/mol. The van der Waals surface area contributed by atoms with Crippen LogP contribution in [0.4, 0.5) is 0 Å². The number of piperazine rings is 1. The van der Waals surface area contributed by atoms with E-state index >= 15 is 0 Å². The van der Waals surface area contributed by atoms with E-state index in [1.807, 2.05) is 11.9 Å². The van der Waals surface area contributed by atoms with Crippen LogP contribution in [0.1, 0.15) is 0 Å². The molecule has 0 unspecified atom stereocenters. The summed E-state index contributed by atoms with van der Waals surface area (Å²) in [7, 11) is -1.08. The number of hydrogen-bond donors (Lipinski definition) is 0. The van der Waals surface area contributed by atoms with Crippen LogP contribution in [-0.2, 0) is 14.8 Å². The summed E-state index contributed by atoms with van der Waals surface area (Å²) in [6, 6.07) is 0. The van der Waals surface area contributed by atoms with Gasteiger partial charge >= 0.3 is 0 Å². The molecule has 0 radical (unpaired) electrons. The Morgan fingerprint density at radius 1 is 1.12 bits per heavy atom. The molecule has 0 spiro atoms. The normalized spacial score (nSPS) is 24.7. The molecule has 2 rings (SSSR count). The van der Waals surface area contributed by atoms with Crippen molar-refractivity contribution in [2.45, 2.75) is 0 Å². The molecule has 6 nitrogen and oxygen atoms in total. The van der Waals surface area contributed by atoms with Gasteiger partial charge in [0.05, 0.1) is 12.2 Å². The summed E-state index contributed by atoms with van der Waals surface area (Å²) >= 11 is 0. The van der Waals surface area contributed by atoms with Gasteiger partial charge in [0, 0.05) is 39.3 Å². The summed E-state index contributed by atoms with van der Waals surface area (Å²) < 4.78 is 23.7. The van der Waals surface area contributed by atoms with Crippen molar-refractivity contribution in [3.8, 4) is 0 Å². The van der Waals surface area contributed by atoms with Crippen LogP contribution in [0.25, 0.3) is 0 Å². The molecular formula is C10H19N3O3S. The number of sulfonamides is 1. The first-order valence-electron chi connectivity index (χ1n) is 5.80. The zero-order chi connectivity index (χ0) is 12.6. The first kappa shape index (κ1) is 12.8. The van der Waals surface area contributed by atoms with Gasteiger partial charge in [-0.2, -0.15) is 0 Å². The van der Waals surface area contributed by atoms with Crippen molar-refractivity contribution in [3.63, 3.8) is 0 Å². The van der Waals surface area contributed by atoms with Crippen LogP contribution in [-0.4, -0.2) is 81.0 Å². The zero-order valence-corrected chi connectivity index (χ0v) is 11.1. The van der Waals surface area contributed by atoms with Gasteiger partial charge in [0.2, 0.25) is 15.9 Å². The molecule has 0 bridgehead atoms. The van der Waals surface area contributed by atoms with Crippen LogP contribution >= 0.6 is 0 Å². The summed E-state index contributed by atoms with van der Waals surface area (Å²) in [5, 5.41) is 0. The van der Waals surface area contributed by atoms with Gasteiger partial charge in [-0.05, 0) is 7.05 Å². The number of hydrogen-bond acceptors (Lipinski definition) is 4. The zero-order valence-electron chi connectivity index (χ0n) is 10.3. The molecule has 0 aliphatic carbocycles. The number of carbonyl (C=O) groups excluding carboxylic acids is 1. The molecule has 0 saturated carbocycles. The number of likely N-dealkylation sites (N-methyl/N-ethyl adjacent to an activating group) is 1. The monoisotopic (exact) mass is 261 g/mol. The third-order valence-electron chi connectivity index (χ3n) is 3.48. The SMILES string of the molecule is CN1CCN(C(=O)C2CN(S(C)(=O)=O)C2)CC1. The number of nitrogens with zero attached hydrogens (tertiary/aromatic N) is 3. The smallest absolute Gasteiger partial charge is 0.228 e. The molecule has 0 aromatic heterocycles. The minimum Gasteiger partial charge on any atom is -0.340 e. The maximum absolute atomic E-state index is 12.0. The molecule has 0 atom stereocenters. The second-order valence-electron chi connectivity index (χ2n) is 4.91. The topological polar surface area (TPSA) is 60.9 Å². The van der Waals surface area contributed by atoms with Crippen LogP contribution in [0, 0.1) is 5.92 Å². The second-order valence-corrected chi connectivity index (χ2v) is 6.89. The Balaban J connectivity index is 1.83. The van der Waals surface area contributed by atoms with Gasteiger partial charge in [-0.15, -0.1) is 0 Å². The maximum Gasteiger partial charge on any atom is 0.228 e. The molecule has 0 N–H and O–H groups in total. The lowest BCUT2D eigenvalue weighted by atomic mass is 10.0. The first-order valence-corrected chi connectivity index (χ1v) is 7.65. The average Bonchev–Trinajstić information content (AvgIpc) is 2.13. The fourth-order valence-corrected chi connectivity index (χ4v) is 3.05. The van der Waals surface area contributed by atoms with E-state index < -0.39 is 10.0 Å². The van der Waals surface area contributed by atoms with Crippen molar-refractivity contribution >= 4 is 15.9 Å². The van der Waals surface area contributed by atoms with E-state index in [-0.39, 0.29) is 11.8 Å². The lowest BCUT2D eigenvalue weighted by Gasteiger charge is -2.41. The molecule has 98 valence electrons. The number of amides is 1. The van der Waals surface area contributed by atoms with Crippen molar-refractivity contribution in [1.29, 1.82) is 0 Å². The first-order chi connectivity index (χ1) is 7.88. The van der Waals surface area contributed by atoms with E-state index in [1.54, 1.807) is 0 Å². The lowest BCUT2D eigenvalue weighted by molar-refractivity contribution is -0.140. The predicted molar refractivity (Wildman–Crippen MR) is 64.0 cm³/mol. The van der Waals surface area contributed by atoms with E-state index in [9.17, 15) is 13.2 Å². The van der Waals surface area contributed by atoms with Gasteiger partial charge in [0.15, 0.2) is 0 Å². The van der Waals surface area contributed by atoms with E-state index in [0.29, 0.717) is 13.1 Å². The van der Waals surface area contributed by atoms with Crippen molar-refractivity contribution in [2.24, 2.45) is 5.92 Å². The van der Waals surface area contributed by atoms with Gasteiger partial charge < -0.3 is 9.80 Å². The maximum atomic E-state index is 12.0. The van der Waals surface area contributed by atoms with Crippen molar-refractivity contribution in [2.75, 3.05) is 52.6 Å². The molecular weight excluding hydrogens is 242 g/mol. The van der Waals surface area contributed by atoms with Crippen LogP contribution in [0.5, 0.6) is 0 Å². The minimum absolute atomic E-state index is 0.109. The standard InChI is InChI=1S/C10H19N3O3S/c1-11-3-5-12(6-4-11)10(14)9-7-13(8-9)17(2,15)16/h9H,3-8H2,1-2H3. The molecule has 2 aliphatic rings. The summed E-state index contributed by atoms with van der Waals surface area (Å²) in [5.74, 6) is -0.0221. The molecule has 17 heavy (non-hydrogen) atoms. The highest BCUT2D eigenvalue weighted by Gasteiger charge is 2.39. The highest BCUT2D eigenvalue weighted by molar-refractivity contribution is 7.88. The summed E-state index contributed by atoms with van der Waals surface area (Å²) in [6.45, 7) is 4.01. The van der Waals surface area contributed by atoms with Gasteiger partial charge in [-0.3, -0.25) is 4.79 Å². The Labute approximate surface area is 102 Å². The fourth-order valence-electron chi connectivity index (χ4n) is 2.15. The van der Waals surface area contributed by atoms with Crippen LogP contribution < -0.4 is 0 Å². The summed E-state index contributed by atoms with van der Waals surface area (Å²) in [5.41, 5.74) is 0. The van der Waals surface area contributed by atoms with E-state index in [1.165, 1.54) is 10.6 Å². The summed E-state index contributed by atoms with van der Waals surface area (Å²) in [4.78, 5) is 16.1. The summed E-state index contributed by atoms with van der Waals surface area (Å²) in [6.07, 6.45) is 1.18. The fraction of sp³-hybridized carbons (Fsp3) is 0.900. The minimum atomic E-state index is -3.12. The molecule has 2 aliphatic heterocycles. The Kier molecular flexibility index (Phi) is 3.42. The van der Waals surface area contributed by atoms with Gasteiger partial charge in [0.1, 0.15) is 0 Å². The number of carbonyl (C=O) groups is 1. The third kappa shape index (κ3) is 2.78.